The van der Waals surface area contributed by atoms with Gasteiger partial charge in [-0.05, 0) is 43.4 Å². The van der Waals surface area contributed by atoms with Crippen LogP contribution < -0.4 is 11.1 Å². The van der Waals surface area contributed by atoms with Crippen LogP contribution in [0.4, 0.5) is 11.4 Å². The number of benzene rings is 1. The van der Waals surface area contributed by atoms with E-state index in [2.05, 4.69) is 28.7 Å². The Labute approximate surface area is 124 Å². The third-order valence-electron chi connectivity index (χ3n) is 4.32. The van der Waals surface area contributed by atoms with Gasteiger partial charge in [0.15, 0.2) is 0 Å². The molecule has 0 saturated heterocycles. The summed E-state index contributed by atoms with van der Waals surface area (Å²) in [5.74, 6) is 0. The molecule has 2 aromatic rings. The van der Waals surface area contributed by atoms with Crippen molar-refractivity contribution in [2.45, 2.75) is 30.4 Å². The lowest BCUT2D eigenvalue weighted by atomic mass is 10.1. The van der Waals surface area contributed by atoms with Gasteiger partial charge in [0, 0.05) is 34.2 Å². The second-order valence-electron chi connectivity index (χ2n) is 5.58. The molecule has 20 heavy (non-hydrogen) atoms. The van der Waals surface area contributed by atoms with E-state index in [1.807, 2.05) is 30.1 Å². The van der Waals surface area contributed by atoms with Crippen LogP contribution in [0.15, 0.2) is 30.5 Å². The lowest BCUT2D eigenvalue weighted by molar-refractivity contribution is 0.640. The Morgan fingerprint density at radius 3 is 2.85 bits per heavy atom. The number of nitrogens with zero attached hydrogens (tertiary/aromatic N) is 1. The standard InChI is InChI=1S/C16H21N3S/c1-20-16(7-2-3-8-16)11-19-14-6-9-18-15-10-12(17)4-5-13(14)15/h4-6,9-10H,2-3,7-8,11,17H2,1H3,(H,18,19). The Balaban J connectivity index is 1.84. The lowest BCUT2D eigenvalue weighted by Gasteiger charge is -2.27. The van der Waals surface area contributed by atoms with Gasteiger partial charge in [-0.15, -0.1) is 0 Å². The number of fused-ring (bicyclic) bond motifs is 1. The van der Waals surface area contributed by atoms with E-state index in [9.17, 15) is 0 Å². The number of pyridine rings is 1. The number of thioether (sulfide) groups is 1. The average molecular weight is 287 g/mol. The minimum absolute atomic E-state index is 0.406. The highest BCUT2D eigenvalue weighted by molar-refractivity contribution is 8.00. The maximum atomic E-state index is 5.83. The first-order chi connectivity index (χ1) is 9.72. The molecule has 0 radical (unpaired) electrons. The minimum Gasteiger partial charge on any atom is -0.399 e. The number of rotatable bonds is 4. The molecule has 0 amide bonds. The summed E-state index contributed by atoms with van der Waals surface area (Å²) in [5, 5.41) is 4.79. The highest BCUT2D eigenvalue weighted by Gasteiger charge is 2.32. The maximum Gasteiger partial charge on any atom is 0.0743 e. The number of hydrogen-bond acceptors (Lipinski definition) is 4. The zero-order valence-corrected chi connectivity index (χ0v) is 12.7. The Morgan fingerprint density at radius 1 is 1.30 bits per heavy atom. The van der Waals surface area contributed by atoms with Gasteiger partial charge in [-0.2, -0.15) is 11.8 Å². The molecule has 3 N–H and O–H groups in total. The second-order valence-corrected chi connectivity index (χ2v) is 6.86. The predicted octanol–water partition coefficient (Wildman–Crippen LogP) is 3.90. The number of anilines is 2. The summed E-state index contributed by atoms with van der Waals surface area (Å²) >= 11 is 2.01. The van der Waals surface area contributed by atoms with Gasteiger partial charge in [0.1, 0.15) is 0 Å². The van der Waals surface area contributed by atoms with Crippen LogP contribution in [0.3, 0.4) is 0 Å². The van der Waals surface area contributed by atoms with E-state index < -0.39 is 0 Å². The topological polar surface area (TPSA) is 50.9 Å². The van der Waals surface area contributed by atoms with E-state index >= 15 is 0 Å². The van der Waals surface area contributed by atoms with E-state index in [4.69, 9.17) is 5.73 Å². The van der Waals surface area contributed by atoms with Crippen molar-refractivity contribution in [3.63, 3.8) is 0 Å². The highest BCUT2D eigenvalue weighted by Crippen LogP contribution is 2.40. The normalized spacial score (nSPS) is 17.4. The van der Waals surface area contributed by atoms with Gasteiger partial charge < -0.3 is 11.1 Å². The van der Waals surface area contributed by atoms with Gasteiger partial charge in [0.25, 0.3) is 0 Å². The Hall–Kier alpha value is -1.42. The number of nitrogens with one attached hydrogen (secondary N) is 1. The van der Waals surface area contributed by atoms with Gasteiger partial charge in [0.2, 0.25) is 0 Å². The number of nitrogen functional groups attached to an aromatic ring is 1. The Bertz CT molecular complexity index is 606. The zero-order valence-electron chi connectivity index (χ0n) is 11.9. The largest absolute Gasteiger partial charge is 0.399 e. The van der Waals surface area contributed by atoms with E-state index in [1.165, 1.54) is 25.7 Å². The Kier molecular flexibility index (Phi) is 3.74. The molecule has 1 fully saturated rings. The lowest BCUT2D eigenvalue weighted by Crippen LogP contribution is -2.30. The molecule has 0 bridgehead atoms. The smallest absolute Gasteiger partial charge is 0.0743 e. The summed E-state index contributed by atoms with van der Waals surface area (Å²) in [6, 6.07) is 7.98. The van der Waals surface area contributed by atoms with Crippen LogP contribution in [0.5, 0.6) is 0 Å². The summed E-state index contributed by atoms with van der Waals surface area (Å²) in [7, 11) is 0. The van der Waals surface area contributed by atoms with Crippen molar-refractivity contribution in [3.05, 3.63) is 30.5 Å². The van der Waals surface area contributed by atoms with E-state index in [1.54, 1.807) is 0 Å². The maximum absolute atomic E-state index is 5.83. The molecule has 106 valence electrons. The molecule has 0 aliphatic heterocycles. The average Bonchev–Trinajstić information content (AvgIpc) is 2.94. The second kappa shape index (κ2) is 5.52. The molecule has 0 spiro atoms. The molecular formula is C16H21N3S. The SMILES string of the molecule is CSC1(CNc2ccnc3cc(N)ccc23)CCCC1. The van der Waals surface area contributed by atoms with Crippen molar-refractivity contribution in [3.8, 4) is 0 Å². The Morgan fingerprint density at radius 2 is 2.10 bits per heavy atom. The monoisotopic (exact) mass is 287 g/mol. The number of hydrogen-bond donors (Lipinski definition) is 2. The molecular weight excluding hydrogens is 266 g/mol. The molecule has 3 rings (SSSR count). The van der Waals surface area contributed by atoms with E-state index in [0.717, 1.165) is 28.8 Å². The van der Waals surface area contributed by atoms with Crippen LogP contribution in [0.2, 0.25) is 0 Å². The molecule has 1 aromatic heterocycles. The van der Waals surface area contributed by atoms with Crippen molar-refractivity contribution < 1.29 is 0 Å². The zero-order chi connectivity index (χ0) is 14.0. The summed E-state index contributed by atoms with van der Waals surface area (Å²) in [6.07, 6.45) is 9.43. The van der Waals surface area contributed by atoms with Crippen LogP contribution in [-0.4, -0.2) is 22.5 Å². The van der Waals surface area contributed by atoms with Crippen LogP contribution in [0.25, 0.3) is 10.9 Å². The van der Waals surface area contributed by atoms with Crippen LogP contribution in [0.1, 0.15) is 25.7 Å². The molecule has 4 heteroatoms. The van der Waals surface area contributed by atoms with Crippen molar-refractivity contribution in [2.24, 2.45) is 0 Å². The minimum atomic E-state index is 0.406. The van der Waals surface area contributed by atoms with E-state index in [-0.39, 0.29) is 0 Å². The fourth-order valence-electron chi connectivity index (χ4n) is 3.05. The number of aromatic nitrogens is 1. The van der Waals surface area contributed by atoms with Crippen molar-refractivity contribution in [1.29, 1.82) is 0 Å². The fraction of sp³-hybridized carbons (Fsp3) is 0.438. The van der Waals surface area contributed by atoms with E-state index in [0.29, 0.717) is 4.75 Å². The molecule has 3 nitrogen and oxygen atoms in total. The molecule has 1 aromatic carbocycles. The quantitative estimate of drug-likeness (QED) is 0.837. The van der Waals surface area contributed by atoms with Crippen molar-refractivity contribution in [2.75, 3.05) is 23.9 Å². The van der Waals surface area contributed by atoms with Crippen molar-refractivity contribution >= 4 is 34.0 Å². The summed E-state index contributed by atoms with van der Waals surface area (Å²) in [5.41, 5.74) is 8.71. The van der Waals surface area contributed by atoms with Crippen LogP contribution in [0, 0.1) is 0 Å². The molecule has 0 atom stereocenters. The molecule has 1 aliphatic rings. The first kappa shape index (κ1) is 13.6. The van der Waals surface area contributed by atoms with Crippen molar-refractivity contribution in [1.82, 2.24) is 4.98 Å². The highest BCUT2D eigenvalue weighted by atomic mass is 32.2. The molecule has 0 unspecified atom stereocenters. The molecule has 1 heterocycles. The third-order valence-corrected chi connectivity index (χ3v) is 5.73. The molecule has 1 saturated carbocycles. The van der Waals surface area contributed by atoms with Gasteiger partial charge >= 0.3 is 0 Å². The van der Waals surface area contributed by atoms with Gasteiger partial charge in [0.05, 0.1) is 5.52 Å². The summed E-state index contributed by atoms with van der Waals surface area (Å²) < 4.78 is 0.406. The first-order valence-electron chi connectivity index (χ1n) is 7.16. The summed E-state index contributed by atoms with van der Waals surface area (Å²) in [4.78, 5) is 4.39. The van der Waals surface area contributed by atoms with Gasteiger partial charge in [-0.1, -0.05) is 12.8 Å². The van der Waals surface area contributed by atoms with Gasteiger partial charge in [-0.3, -0.25) is 4.98 Å². The fourth-order valence-corrected chi connectivity index (χ4v) is 3.96. The molecule has 1 aliphatic carbocycles. The third kappa shape index (κ3) is 2.57. The predicted molar refractivity (Wildman–Crippen MR) is 89.4 cm³/mol. The van der Waals surface area contributed by atoms with Gasteiger partial charge in [-0.25, -0.2) is 0 Å². The van der Waals surface area contributed by atoms with Crippen LogP contribution in [-0.2, 0) is 0 Å². The first-order valence-corrected chi connectivity index (χ1v) is 8.38. The number of nitrogens with two attached hydrogens (primary N) is 1. The summed E-state index contributed by atoms with van der Waals surface area (Å²) in [6.45, 7) is 1.03. The van der Waals surface area contributed by atoms with Crippen LogP contribution >= 0.6 is 11.8 Å².